The predicted molar refractivity (Wildman–Crippen MR) is 143 cm³/mol. The molecule has 0 fully saturated rings. The molecule has 0 bridgehead atoms. The van der Waals surface area contributed by atoms with E-state index in [4.69, 9.17) is 0 Å². The second-order valence-corrected chi connectivity index (χ2v) is 9.79. The second kappa shape index (κ2) is 9.02. The van der Waals surface area contributed by atoms with Gasteiger partial charge in [-0.25, -0.2) is 0 Å². The van der Waals surface area contributed by atoms with Crippen molar-refractivity contribution in [1.29, 1.82) is 0 Å². The Hall–Kier alpha value is -3.12. The SMILES string of the molecule is CCC(C)c1cccc(-c2ccc3c(c2)Cc2cc(-c4cccc(C(C)CC)c4)ccc2-3)c1. The molecule has 2 atom stereocenters. The van der Waals surface area contributed by atoms with Crippen molar-refractivity contribution in [2.24, 2.45) is 0 Å². The fourth-order valence-corrected chi connectivity index (χ4v) is 5.09. The highest BCUT2D eigenvalue weighted by molar-refractivity contribution is 5.82. The molecular formula is C33H34. The minimum Gasteiger partial charge on any atom is -0.0648 e. The van der Waals surface area contributed by atoms with E-state index in [2.05, 4.69) is 113 Å². The first-order valence-corrected chi connectivity index (χ1v) is 12.5. The van der Waals surface area contributed by atoms with Crippen LogP contribution in [-0.2, 0) is 6.42 Å². The summed E-state index contributed by atoms with van der Waals surface area (Å²) in [7, 11) is 0. The molecule has 0 aromatic heterocycles. The van der Waals surface area contributed by atoms with Crippen LogP contribution < -0.4 is 0 Å². The van der Waals surface area contributed by atoms with Crippen LogP contribution in [-0.4, -0.2) is 0 Å². The monoisotopic (exact) mass is 430 g/mol. The van der Waals surface area contributed by atoms with E-state index in [1.54, 1.807) is 0 Å². The molecule has 0 heteroatoms. The molecule has 166 valence electrons. The molecule has 0 radical (unpaired) electrons. The molecular weight excluding hydrogens is 396 g/mol. The van der Waals surface area contributed by atoms with E-state index in [-0.39, 0.29) is 0 Å². The van der Waals surface area contributed by atoms with Gasteiger partial charge in [0, 0.05) is 0 Å². The van der Waals surface area contributed by atoms with Gasteiger partial charge in [-0.15, -0.1) is 0 Å². The zero-order chi connectivity index (χ0) is 22.9. The van der Waals surface area contributed by atoms with E-state index in [0.717, 1.165) is 6.42 Å². The van der Waals surface area contributed by atoms with Crippen molar-refractivity contribution >= 4 is 0 Å². The third-order valence-corrected chi connectivity index (χ3v) is 7.68. The number of hydrogen-bond donors (Lipinski definition) is 0. The van der Waals surface area contributed by atoms with Crippen LogP contribution in [0.1, 0.15) is 74.6 Å². The third kappa shape index (κ3) is 4.15. The fraction of sp³-hybridized carbons (Fsp3) is 0.273. The lowest BCUT2D eigenvalue weighted by atomic mass is 9.93. The number of hydrogen-bond acceptors (Lipinski definition) is 0. The van der Waals surface area contributed by atoms with Crippen LogP contribution in [0.5, 0.6) is 0 Å². The molecule has 0 spiro atoms. The van der Waals surface area contributed by atoms with Gasteiger partial charge in [-0.05, 0) is 86.7 Å². The molecule has 1 aliphatic carbocycles. The fourth-order valence-electron chi connectivity index (χ4n) is 5.09. The quantitative estimate of drug-likeness (QED) is 0.251. The van der Waals surface area contributed by atoms with Gasteiger partial charge in [0.25, 0.3) is 0 Å². The summed E-state index contributed by atoms with van der Waals surface area (Å²) in [5.74, 6) is 1.20. The van der Waals surface area contributed by atoms with E-state index in [0.29, 0.717) is 11.8 Å². The van der Waals surface area contributed by atoms with E-state index >= 15 is 0 Å². The highest BCUT2D eigenvalue weighted by Gasteiger charge is 2.20. The summed E-state index contributed by atoms with van der Waals surface area (Å²) in [4.78, 5) is 0. The van der Waals surface area contributed by atoms with Crippen molar-refractivity contribution < 1.29 is 0 Å². The van der Waals surface area contributed by atoms with Gasteiger partial charge >= 0.3 is 0 Å². The summed E-state index contributed by atoms with van der Waals surface area (Å²) in [5, 5.41) is 0. The molecule has 0 amide bonds. The second-order valence-electron chi connectivity index (χ2n) is 9.79. The van der Waals surface area contributed by atoms with Crippen LogP contribution in [0.3, 0.4) is 0 Å². The van der Waals surface area contributed by atoms with Gasteiger partial charge in [0.15, 0.2) is 0 Å². The van der Waals surface area contributed by atoms with Crippen molar-refractivity contribution in [3.8, 4) is 33.4 Å². The topological polar surface area (TPSA) is 0 Å². The first-order chi connectivity index (χ1) is 16.1. The maximum atomic E-state index is 2.41. The van der Waals surface area contributed by atoms with Gasteiger partial charge in [0.2, 0.25) is 0 Å². The van der Waals surface area contributed by atoms with E-state index < -0.39 is 0 Å². The zero-order valence-electron chi connectivity index (χ0n) is 20.4. The van der Waals surface area contributed by atoms with Gasteiger partial charge in [0.1, 0.15) is 0 Å². The Balaban J connectivity index is 1.46. The van der Waals surface area contributed by atoms with Gasteiger partial charge in [-0.2, -0.15) is 0 Å². The minimum absolute atomic E-state index is 0.598. The summed E-state index contributed by atoms with van der Waals surface area (Å²) in [6, 6.07) is 32.3. The lowest BCUT2D eigenvalue weighted by Gasteiger charge is -2.12. The van der Waals surface area contributed by atoms with Crippen LogP contribution in [0.2, 0.25) is 0 Å². The molecule has 4 aromatic rings. The van der Waals surface area contributed by atoms with Crippen molar-refractivity contribution in [2.75, 3.05) is 0 Å². The molecule has 0 saturated carbocycles. The normalized spacial score (nSPS) is 13.9. The maximum Gasteiger partial charge on any atom is -0.00130 e. The molecule has 0 nitrogen and oxygen atoms in total. The third-order valence-electron chi connectivity index (χ3n) is 7.68. The van der Waals surface area contributed by atoms with Crippen LogP contribution in [0.15, 0.2) is 84.9 Å². The standard InChI is InChI=1S/C33H34/c1-5-22(3)24-9-7-11-26(17-24)28-13-15-32-30(19-28)21-31-20-29(14-16-33(31)32)27-12-8-10-25(18-27)23(4)6-2/h7-20,22-23H,5-6,21H2,1-4H3. The van der Waals surface area contributed by atoms with Gasteiger partial charge in [-0.3, -0.25) is 0 Å². The predicted octanol–water partition coefficient (Wildman–Crippen LogP) is 9.62. The summed E-state index contributed by atoms with van der Waals surface area (Å²) in [6.07, 6.45) is 3.36. The Morgan fingerprint density at radius 2 is 0.970 bits per heavy atom. The van der Waals surface area contributed by atoms with E-state index in [1.807, 2.05) is 0 Å². The Kier molecular flexibility index (Phi) is 5.94. The molecule has 0 aliphatic heterocycles. The molecule has 1 aliphatic rings. The Morgan fingerprint density at radius 1 is 0.545 bits per heavy atom. The van der Waals surface area contributed by atoms with E-state index in [9.17, 15) is 0 Å². The Bertz CT molecular complexity index is 1190. The Morgan fingerprint density at radius 3 is 1.39 bits per heavy atom. The van der Waals surface area contributed by atoms with Gasteiger partial charge in [-0.1, -0.05) is 113 Å². The molecule has 5 rings (SSSR count). The first-order valence-electron chi connectivity index (χ1n) is 12.5. The summed E-state index contributed by atoms with van der Waals surface area (Å²) < 4.78 is 0. The van der Waals surface area contributed by atoms with Crippen LogP contribution >= 0.6 is 0 Å². The van der Waals surface area contributed by atoms with Gasteiger partial charge in [0.05, 0.1) is 0 Å². The zero-order valence-corrected chi connectivity index (χ0v) is 20.4. The maximum absolute atomic E-state index is 2.41. The largest absolute Gasteiger partial charge is 0.0648 e. The average molecular weight is 431 g/mol. The minimum atomic E-state index is 0.598. The number of benzene rings is 4. The van der Waals surface area contributed by atoms with Crippen LogP contribution in [0.4, 0.5) is 0 Å². The van der Waals surface area contributed by atoms with E-state index in [1.165, 1.54) is 68.5 Å². The molecule has 33 heavy (non-hydrogen) atoms. The summed E-state index contributed by atoms with van der Waals surface area (Å²) in [6.45, 7) is 9.15. The molecule has 2 unspecified atom stereocenters. The van der Waals surface area contributed by atoms with Crippen molar-refractivity contribution in [3.63, 3.8) is 0 Å². The smallest absolute Gasteiger partial charge is 0.00130 e. The number of rotatable bonds is 6. The van der Waals surface area contributed by atoms with Crippen molar-refractivity contribution in [3.05, 3.63) is 107 Å². The first kappa shape index (κ1) is 21.7. The average Bonchev–Trinajstić information content (AvgIpc) is 3.24. The highest BCUT2D eigenvalue weighted by atomic mass is 14.2. The van der Waals surface area contributed by atoms with Crippen molar-refractivity contribution in [1.82, 2.24) is 0 Å². The molecule has 0 heterocycles. The summed E-state index contributed by atoms with van der Waals surface area (Å²) in [5.41, 5.74) is 13.9. The van der Waals surface area contributed by atoms with Crippen LogP contribution in [0.25, 0.3) is 33.4 Å². The number of fused-ring (bicyclic) bond motifs is 3. The van der Waals surface area contributed by atoms with Crippen LogP contribution in [0, 0.1) is 0 Å². The van der Waals surface area contributed by atoms with Crippen molar-refractivity contribution in [2.45, 2.75) is 58.8 Å². The lowest BCUT2D eigenvalue weighted by Crippen LogP contribution is -1.92. The Labute approximate surface area is 199 Å². The lowest BCUT2D eigenvalue weighted by molar-refractivity contribution is 0.734. The van der Waals surface area contributed by atoms with Gasteiger partial charge < -0.3 is 0 Å². The highest BCUT2D eigenvalue weighted by Crippen LogP contribution is 2.41. The summed E-state index contributed by atoms with van der Waals surface area (Å²) >= 11 is 0. The molecule has 0 saturated heterocycles. The molecule has 4 aromatic carbocycles. The molecule has 0 N–H and O–H groups in total.